The van der Waals surface area contributed by atoms with Gasteiger partial charge in [0.2, 0.25) is 10.0 Å². The zero-order valence-corrected chi connectivity index (χ0v) is 12.7. The van der Waals surface area contributed by atoms with Crippen molar-refractivity contribution in [3.05, 3.63) is 28.3 Å². The first-order valence-corrected chi connectivity index (χ1v) is 8.34. The van der Waals surface area contributed by atoms with Crippen LogP contribution in [0.3, 0.4) is 0 Å². The molecule has 8 heteroatoms. The van der Waals surface area contributed by atoms with Gasteiger partial charge >= 0.3 is 0 Å². The molecule has 0 aromatic heterocycles. The van der Waals surface area contributed by atoms with E-state index in [2.05, 4.69) is 0 Å². The Hall–Kier alpha value is -1.67. The number of nitrogens with two attached hydrogens (primary N) is 1. The van der Waals surface area contributed by atoms with Gasteiger partial charge in [0, 0.05) is 18.7 Å². The number of benzene rings is 1. The number of hydrogen-bond donors (Lipinski definition) is 1. The quantitative estimate of drug-likeness (QED) is 0.522. The standard InChI is InChI=1S/C13H19N3O4S/c1-10-5-3-2-4-8-15(10)21(19,20)11-6-7-13(16(17)18)12(14)9-11/h6-7,9-10H,2-5,8,14H2,1H3. The lowest BCUT2D eigenvalue weighted by Gasteiger charge is -2.26. The Morgan fingerprint density at radius 3 is 2.67 bits per heavy atom. The molecular formula is C13H19N3O4S. The molecule has 1 aliphatic rings. The van der Waals surface area contributed by atoms with Gasteiger partial charge in [-0.2, -0.15) is 4.31 Å². The Kier molecular flexibility index (Phi) is 4.48. The molecule has 1 aliphatic heterocycles. The summed E-state index contributed by atoms with van der Waals surface area (Å²) in [5.41, 5.74) is 5.17. The van der Waals surface area contributed by atoms with Crippen molar-refractivity contribution in [3.63, 3.8) is 0 Å². The van der Waals surface area contributed by atoms with Gasteiger partial charge in [-0.05, 0) is 31.9 Å². The molecule has 1 fully saturated rings. The Morgan fingerprint density at radius 1 is 1.33 bits per heavy atom. The van der Waals surface area contributed by atoms with Crippen LogP contribution < -0.4 is 5.73 Å². The predicted molar refractivity (Wildman–Crippen MR) is 79.3 cm³/mol. The monoisotopic (exact) mass is 313 g/mol. The molecule has 0 amide bonds. The fourth-order valence-electron chi connectivity index (χ4n) is 2.60. The van der Waals surface area contributed by atoms with Crippen LogP contribution in [0, 0.1) is 10.1 Å². The highest BCUT2D eigenvalue weighted by Crippen LogP contribution is 2.29. The molecular weight excluding hydrogens is 294 g/mol. The molecule has 1 unspecified atom stereocenters. The molecule has 1 aromatic rings. The zero-order chi connectivity index (χ0) is 15.6. The number of hydrogen-bond acceptors (Lipinski definition) is 5. The SMILES string of the molecule is CC1CCCCCN1S(=O)(=O)c1ccc([N+](=O)[O-])c(N)c1. The van der Waals surface area contributed by atoms with Crippen LogP contribution in [0.4, 0.5) is 11.4 Å². The van der Waals surface area contributed by atoms with E-state index in [0.29, 0.717) is 6.54 Å². The molecule has 21 heavy (non-hydrogen) atoms. The Morgan fingerprint density at radius 2 is 2.05 bits per heavy atom. The zero-order valence-electron chi connectivity index (χ0n) is 11.9. The van der Waals surface area contributed by atoms with E-state index in [1.165, 1.54) is 16.4 Å². The molecule has 0 saturated carbocycles. The molecule has 7 nitrogen and oxygen atoms in total. The van der Waals surface area contributed by atoms with Crippen molar-refractivity contribution in [2.24, 2.45) is 0 Å². The van der Waals surface area contributed by atoms with Gasteiger partial charge in [-0.15, -0.1) is 0 Å². The van der Waals surface area contributed by atoms with Gasteiger partial charge in [0.05, 0.1) is 9.82 Å². The third kappa shape index (κ3) is 3.16. The van der Waals surface area contributed by atoms with Crippen molar-refractivity contribution in [1.82, 2.24) is 4.31 Å². The Labute approximate surface area is 123 Å². The minimum absolute atomic E-state index is 0.0133. The summed E-state index contributed by atoms with van der Waals surface area (Å²) >= 11 is 0. The smallest absolute Gasteiger partial charge is 0.292 e. The summed E-state index contributed by atoms with van der Waals surface area (Å²) in [6.45, 7) is 2.36. The number of nitrogen functional groups attached to an aromatic ring is 1. The van der Waals surface area contributed by atoms with Crippen molar-refractivity contribution in [1.29, 1.82) is 0 Å². The third-order valence-electron chi connectivity index (χ3n) is 3.79. The van der Waals surface area contributed by atoms with Crippen LogP contribution in [0.25, 0.3) is 0 Å². The van der Waals surface area contributed by atoms with E-state index in [9.17, 15) is 18.5 Å². The van der Waals surface area contributed by atoms with Crippen molar-refractivity contribution in [2.75, 3.05) is 12.3 Å². The van der Waals surface area contributed by atoms with Crippen LogP contribution in [0.2, 0.25) is 0 Å². The maximum atomic E-state index is 12.7. The average Bonchev–Trinajstić information content (AvgIpc) is 2.63. The molecule has 2 rings (SSSR count). The highest BCUT2D eigenvalue weighted by Gasteiger charge is 2.30. The van der Waals surface area contributed by atoms with Crippen LogP contribution in [0.1, 0.15) is 32.6 Å². The number of nitrogens with zero attached hydrogens (tertiary/aromatic N) is 2. The number of rotatable bonds is 3. The van der Waals surface area contributed by atoms with Crippen LogP contribution in [0.15, 0.2) is 23.1 Å². The van der Waals surface area contributed by atoms with Crippen LogP contribution in [0.5, 0.6) is 0 Å². The van der Waals surface area contributed by atoms with E-state index >= 15 is 0 Å². The molecule has 0 aliphatic carbocycles. The summed E-state index contributed by atoms with van der Waals surface area (Å²) in [6.07, 6.45) is 3.67. The second-order valence-electron chi connectivity index (χ2n) is 5.29. The highest BCUT2D eigenvalue weighted by molar-refractivity contribution is 7.89. The van der Waals surface area contributed by atoms with Crippen LogP contribution >= 0.6 is 0 Å². The summed E-state index contributed by atoms with van der Waals surface area (Å²) in [7, 11) is -3.67. The van der Waals surface area contributed by atoms with Gasteiger partial charge in [0.25, 0.3) is 5.69 Å². The lowest BCUT2D eigenvalue weighted by molar-refractivity contribution is -0.383. The van der Waals surface area contributed by atoms with E-state index in [1.807, 2.05) is 6.92 Å². The molecule has 0 bridgehead atoms. The molecule has 2 N–H and O–H groups in total. The third-order valence-corrected chi connectivity index (χ3v) is 5.80. The second-order valence-corrected chi connectivity index (χ2v) is 7.18. The minimum atomic E-state index is -3.67. The molecule has 0 radical (unpaired) electrons. The average molecular weight is 313 g/mol. The van der Waals surface area contributed by atoms with E-state index < -0.39 is 14.9 Å². The lowest BCUT2D eigenvalue weighted by atomic mass is 10.1. The van der Waals surface area contributed by atoms with Crippen LogP contribution in [-0.4, -0.2) is 30.2 Å². The van der Waals surface area contributed by atoms with Crippen molar-refractivity contribution < 1.29 is 13.3 Å². The fraction of sp³-hybridized carbons (Fsp3) is 0.538. The first-order valence-electron chi connectivity index (χ1n) is 6.90. The number of sulfonamides is 1. The summed E-state index contributed by atoms with van der Waals surface area (Å²) in [5.74, 6) is 0. The minimum Gasteiger partial charge on any atom is -0.393 e. The van der Waals surface area contributed by atoms with Gasteiger partial charge in [-0.25, -0.2) is 8.42 Å². The van der Waals surface area contributed by atoms with Crippen molar-refractivity contribution in [3.8, 4) is 0 Å². The summed E-state index contributed by atoms with van der Waals surface area (Å²) in [6, 6.07) is 3.49. The maximum absolute atomic E-state index is 12.7. The molecule has 116 valence electrons. The Balaban J connectivity index is 2.39. The largest absolute Gasteiger partial charge is 0.393 e. The van der Waals surface area contributed by atoms with Gasteiger partial charge in [0.1, 0.15) is 5.69 Å². The highest BCUT2D eigenvalue weighted by atomic mass is 32.2. The van der Waals surface area contributed by atoms with E-state index in [0.717, 1.165) is 31.7 Å². The molecule has 1 heterocycles. The van der Waals surface area contributed by atoms with Crippen molar-refractivity contribution >= 4 is 21.4 Å². The molecule has 0 spiro atoms. The van der Waals surface area contributed by atoms with E-state index in [4.69, 9.17) is 5.73 Å². The molecule has 1 saturated heterocycles. The first-order chi connectivity index (χ1) is 9.84. The van der Waals surface area contributed by atoms with Gasteiger partial charge in [-0.3, -0.25) is 10.1 Å². The maximum Gasteiger partial charge on any atom is 0.292 e. The van der Waals surface area contributed by atoms with Gasteiger partial charge < -0.3 is 5.73 Å². The van der Waals surface area contributed by atoms with Crippen molar-refractivity contribution in [2.45, 2.75) is 43.5 Å². The Bertz CT molecular complexity index is 645. The summed E-state index contributed by atoms with van der Waals surface area (Å²) < 4.78 is 26.8. The number of nitro groups is 1. The predicted octanol–water partition coefficient (Wildman–Crippen LogP) is 2.13. The first kappa shape index (κ1) is 15.7. The summed E-state index contributed by atoms with van der Waals surface area (Å²) in [4.78, 5) is 10.1. The fourth-order valence-corrected chi connectivity index (χ4v) is 4.34. The normalized spacial score (nSPS) is 20.9. The van der Waals surface area contributed by atoms with Gasteiger partial charge in [-0.1, -0.05) is 12.8 Å². The van der Waals surface area contributed by atoms with Crippen LogP contribution in [-0.2, 0) is 10.0 Å². The number of anilines is 1. The molecule has 1 atom stereocenters. The topological polar surface area (TPSA) is 107 Å². The van der Waals surface area contributed by atoms with E-state index in [1.54, 1.807) is 0 Å². The number of nitro benzene ring substituents is 1. The second kappa shape index (κ2) is 5.98. The van der Waals surface area contributed by atoms with Gasteiger partial charge in [0.15, 0.2) is 0 Å². The molecule has 1 aromatic carbocycles. The summed E-state index contributed by atoms with van der Waals surface area (Å²) in [5, 5.41) is 10.7. The van der Waals surface area contributed by atoms with E-state index in [-0.39, 0.29) is 22.3 Å². The lowest BCUT2D eigenvalue weighted by Crippen LogP contribution is -2.38.